The number of benzene rings is 2. The lowest BCUT2D eigenvalue weighted by Gasteiger charge is -2.12. The van der Waals surface area contributed by atoms with Gasteiger partial charge >= 0.3 is 0 Å². The molecule has 0 saturated carbocycles. The zero-order valence-corrected chi connectivity index (χ0v) is 20.4. The monoisotopic (exact) mass is 520 g/mol. The normalized spacial score (nSPS) is 10.7. The molecule has 0 fully saturated rings. The first-order valence-electron chi connectivity index (χ1n) is 9.48. The second-order valence-corrected chi connectivity index (χ2v) is 8.95. The molecule has 2 aromatic carbocycles. The standard InChI is InChI=1S/C22H22BrClN4O2S/c1-4-10-28-20(12-30-19-7-5-6-14(2)15(19)3)26-27-22(28)31-13-21(29)25-16-8-9-17(23)18(24)11-16/h4-9,11H,1,10,12-13H2,2-3H3,(H,25,29). The molecule has 0 spiro atoms. The molecule has 1 aromatic heterocycles. The van der Waals surface area contributed by atoms with Gasteiger partial charge in [0.1, 0.15) is 12.4 Å². The zero-order valence-electron chi connectivity index (χ0n) is 17.2. The van der Waals surface area contributed by atoms with Crippen LogP contribution in [0.1, 0.15) is 17.0 Å². The summed E-state index contributed by atoms with van der Waals surface area (Å²) in [4.78, 5) is 12.3. The summed E-state index contributed by atoms with van der Waals surface area (Å²) in [6.07, 6.45) is 1.76. The van der Waals surface area contributed by atoms with Crippen molar-refractivity contribution in [1.29, 1.82) is 0 Å². The van der Waals surface area contributed by atoms with E-state index in [4.69, 9.17) is 16.3 Å². The summed E-state index contributed by atoms with van der Waals surface area (Å²) < 4.78 is 8.64. The Morgan fingerprint density at radius 2 is 2.13 bits per heavy atom. The lowest BCUT2D eigenvalue weighted by Crippen LogP contribution is -2.15. The van der Waals surface area contributed by atoms with E-state index in [1.807, 2.05) is 36.6 Å². The first-order chi connectivity index (χ1) is 14.9. The molecule has 0 radical (unpaired) electrons. The molecule has 1 amide bonds. The van der Waals surface area contributed by atoms with E-state index in [0.29, 0.717) is 28.2 Å². The number of hydrogen-bond donors (Lipinski definition) is 1. The van der Waals surface area contributed by atoms with Crippen molar-refractivity contribution < 1.29 is 9.53 Å². The molecule has 0 saturated heterocycles. The number of ether oxygens (including phenoxy) is 1. The third kappa shape index (κ3) is 6.12. The molecule has 0 aliphatic rings. The quantitative estimate of drug-likeness (QED) is 0.284. The fourth-order valence-corrected chi connectivity index (χ4v) is 3.96. The number of nitrogens with one attached hydrogen (secondary N) is 1. The highest BCUT2D eigenvalue weighted by molar-refractivity contribution is 9.10. The SMILES string of the molecule is C=CCn1c(COc2cccc(C)c2C)nnc1SCC(=O)Nc1ccc(Br)c(Cl)c1. The van der Waals surface area contributed by atoms with Gasteiger partial charge in [-0.1, -0.05) is 41.6 Å². The van der Waals surface area contributed by atoms with Crippen LogP contribution in [0.4, 0.5) is 5.69 Å². The van der Waals surface area contributed by atoms with Gasteiger partial charge in [-0.05, 0) is 65.2 Å². The zero-order chi connectivity index (χ0) is 22.4. The van der Waals surface area contributed by atoms with E-state index in [1.54, 1.807) is 24.3 Å². The van der Waals surface area contributed by atoms with Crippen LogP contribution in [0, 0.1) is 13.8 Å². The topological polar surface area (TPSA) is 69.0 Å². The Morgan fingerprint density at radius 3 is 2.87 bits per heavy atom. The lowest BCUT2D eigenvalue weighted by molar-refractivity contribution is -0.113. The molecule has 1 N–H and O–H groups in total. The third-order valence-electron chi connectivity index (χ3n) is 4.55. The highest BCUT2D eigenvalue weighted by Gasteiger charge is 2.15. The van der Waals surface area contributed by atoms with Crippen molar-refractivity contribution >= 4 is 50.9 Å². The Morgan fingerprint density at radius 1 is 1.32 bits per heavy atom. The van der Waals surface area contributed by atoms with Crippen LogP contribution in [-0.4, -0.2) is 26.4 Å². The number of rotatable bonds is 9. The van der Waals surface area contributed by atoms with Crippen LogP contribution in [0.5, 0.6) is 5.75 Å². The van der Waals surface area contributed by atoms with Gasteiger partial charge in [-0.2, -0.15) is 0 Å². The summed E-state index contributed by atoms with van der Waals surface area (Å²) in [5, 5.41) is 12.5. The van der Waals surface area contributed by atoms with Gasteiger partial charge in [0.05, 0.1) is 10.8 Å². The van der Waals surface area contributed by atoms with Crippen LogP contribution in [0.2, 0.25) is 5.02 Å². The van der Waals surface area contributed by atoms with Crippen LogP contribution >= 0.6 is 39.3 Å². The maximum absolute atomic E-state index is 12.3. The largest absolute Gasteiger partial charge is 0.485 e. The number of amides is 1. The number of aromatic nitrogens is 3. The Balaban J connectivity index is 1.64. The number of hydrogen-bond acceptors (Lipinski definition) is 5. The minimum atomic E-state index is -0.162. The molecule has 3 aromatic rings. The van der Waals surface area contributed by atoms with Crippen molar-refractivity contribution in [2.45, 2.75) is 32.2 Å². The maximum Gasteiger partial charge on any atom is 0.234 e. The number of nitrogens with zero attached hydrogens (tertiary/aromatic N) is 3. The first-order valence-corrected chi connectivity index (χ1v) is 11.6. The average molecular weight is 522 g/mol. The summed E-state index contributed by atoms with van der Waals surface area (Å²) >= 11 is 10.7. The molecule has 1 heterocycles. The number of anilines is 1. The number of allylic oxidation sites excluding steroid dienone is 1. The number of carbonyl (C=O) groups is 1. The predicted molar refractivity (Wildman–Crippen MR) is 129 cm³/mol. The van der Waals surface area contributed by atoms with Crippen molar-refractivity contribution in [3.63, 3.8) is 0 Å². The second-order valence-electron chi connectivity index (χ2n) is 6.75. The average Bonchev–Trinajstić information content (AvgIpc) is 3.12. The van der Waals surface area contributed by atoms with Crippen molar-refractivity contribution in [2.75, 3.05) is 11.1 Å². The van der Waals surface area contributed by atoms with Crippen molar-refractivity contribution in [1.82, 2.24) is 14.8 Å². The summed E-state index contributed by atoms with van der Waals surface area (Å²) in [5.41, 5.74) is 2.89. The van der Waals surface area contributed by atoms with Gasteiger partial charge < -0.3 is 10.1 Å². The second kappa shape index (κ2) is 10.8. The molecule has 3 rings (SSSR count). The van der Waals surface area contributed by atoms with Gasteiger partial charge in [-0.25, -0.2) is 0 Å². The first kappa shape index (κ1) is 23.4. The minimum absolute atomic E-state index is 0.162. The van der Waals surface area contributed by atoms with E-state index in [9.17, 15) is 4.79 Å². The molecule has 6 nitrogen and oxygen atoms in total. The fourth-order valence-electron chi connectivity index (χ4n) is 2.77. The summed E-state index contributed by atoms with van der Waals surface area (Å²) in [6.45, 7) is 8.67. The smallest absolute Gasteiger partial charge is 0.234 e. The van der Waals surface area contributed by atoms with Crippen LogP contribution < -0.4 is 10.1 Å². The van der Waals surface area contributed by atoms with E-state index >= 15 is 0 Å². The molecular weight excluding hydrogens is 500 g/mol. The summed E-state index contributed by atoms with van der Waals surface area (Å²) in [6, 6.07) is 11.2. The molecule has 0 atom stereocenters. The van der Waals surface area contributed by atoms with E-state index in [-0.39, 0.29) is 18.3 Å². The van der Waals surface area contributed by atoms with Crippen LogP contribution in [0.25, 0.3) is 0 Å². The minimum Gasteiger partial charge on any atom is -0.485 e. The molecule has 0 unspecified atom stereocenters. The summed E-state index contributed by atoms with van der Waals surface area (Å²) in [5.74, 6) is 1.50. The van der Waals surface area contributed by atoms with Gasteiger partial charge in [0.2, 0.25) is 5.91 Å². The number of carbonyl (C=O) groups excluding carboxylic acids is 1. The predicted octanol–water partition coefficient (Wildman–Crippen LogP) is 5.81. The van der Waals surface area contributed by atoms with Crippen molar-refractivity contribution in [2.24, 2.45) is 0 Å². The molecule has 9 heteroatoms. The van der Waals surface area contributed by atoms with E-state index in [1.165, 1.54) is 17.3 Å². The Labute approximate surface area is 199 Å². The fraction of sp³-hybridized carbons (Fsp3) is 0.227. The van der Waals surface area contributed by atoms with Gasteiger partial charge in [-0.15, -0.1) is 16.8 Å². The van der Waals surface area contributed by atoms with Crippen molar-refractivity contribution in [3.8, 4) is 5.75 Å². The number of thioether (sulfide) groups is 1. The molecule has 162 valence electrons. The molecule has 0 bridgehead atoms. The summed E-state index contributed by atoms with van der Waals surface area (Å²) in [7, 11) is 0. The van der Waals surface area contributed by atoms with E-state index in [0.717, 1.165) is 15.8 Å². The number of halogens is 2. The Kier molecular flexibility index (Phi) is 8.17. The highest BCUT2D eigenvalue weighted by atomic mass is 79.9. The molecule has 31 heavy (non-hydrogen) atoms. The van der Waals surface area contributed by atoms with Crippen LogP contribution in [-0.2, 0) is 17.9 Å². The van der Waals surface area contributed by atoms with Gasteiger partial charge in [-0.3, -0.25) is 9.36 Å². The van der Waals surface area contributed by atoms with Crippen molar-refractivity contribution in [3.05, 3.63) is 75.5 Å². The van der Waals surface area contributed by atoms with Gasteiger partial charge in [0.25, 0.3) is 0 Å². The Bertz CT molecular complexity index is 1100. The lowest BCUT2D eigenvalue weighted by atomic mass is 10.1. The maximum atomic E-state index is 12.3. The van der Waals surface area contributed by atoms with E-state index < -0.39 is 0 Å². The number of aryl methyl sites for hydroxylation is 1. The molecule has 0 aliphatic carbocycles. The van der Waals surface area contributed by atoms with Gasteiger partial charge in [0.15, 0.2) is 11.0 Å². The molecular formula is C22H22BrClN4O2S. The Hall–Kier alpha value is -2.29. The van der Waals surface area contributed by atoms with Crippen LogP contribution in [0.3, 0.4) is 0 Å². The van der Waals surface area contributed by atoms with Crippen LogP contribution in [0.15, 0.2) is 58.7 Å². The van der Waals surface area contributed by atoms with Gasteiger partial charge in [0, 0.05) is 16.7 Å². The highest BCUT2D eigenvalue weighted by Crippen LogP contribution is 2.26. The third-order valence-corrected chi connectivity index (χ3v) is 6.75. The molecule has 0 aliphatic heterocycles. The van der Waals surface area contributed by atoms with E-state index in [2.05, 4.69) is 38.0 Å².